The molecule has 2 aromatic carbocycles. The number of amides is 1. The number of carbonyl (C=O) groups is 1. The molecule has 0 fully saturated rings. The minimum atomic E-state index is -0.182. The van der Waals surface area contributed by atoms with Gasteiger partial charge in [0.15, 0.2) is 16.7 Å². The summed E-state index contributed by atoms with van der Waals surface area (Å²) in [6.07, 6.45) is 3.03. The van der Waals surface area contributed by atoms with Gasteiger partial charge in [0.05, 0.1) is 17.7 Å². The molecule has 0 atom stereocenters. The SMILES string of the molecule is O=C(CSc1nc2sc3c(c2c(=O)n1Cc1ccccc1)CCC3)Nc1ccc2c(c1)OCO2. The summed E-state index contributed by atoms with van der Waals surface area (Å²) in [5, 5.41) is 4.20. The molecule has 0 saturated carbocycles. The molecule has 0 unspecified atom stereocenters. The summed E-state index contributed by atoms with van der Waals surface area (Å²) in [5.41, 5.74) is 2.79. The minimum absolute atomic E-state index is 0.0214. The molecule has 4 aromatic rings. The second kappa shape index (κ2) is 8.81. The van der Waals surface area contributed by atoms with Gasteiger partial charge in [-0.2, -0.15) is 0 Å². The Bertz CT molecular complexity index is 1460. The molecule has 1 amide bonds. The molecule has 0 bridgehead atoms. The lowest BCUT2D eigenvalue weighted by atomic mass is 10.2. The Labute approximate surface area is 203 Å². The van der Waals surface area contributed by atoms with E-state index in [1.807, 2.05) is 30.3 Å². The van der Waals surface area contributed by atoms with Gasteiger partial charge in [-0.1, -0.05) is 42.1 Å². The number of nitrogens with one attached hydrogen (secondary N) is 1. The second-order valence-electron chi connectivity index (χ2n) is 8.21. The first kappa shape index (κ1) is 21.2. The van der Waals surface area contributed by atoms with Crippen LogP contribution in [0, 0.1) is 0 Å². The number of thioether (sulfide) groups is 1. The number of fused-ring (bicyclic) bond motifs is 4. The predicted octanol–water partition coefficient (Wildman–Crippen LogP) is 4.45. The van der Waals surface area contributed by atoms with Gasteiger partial charge in [-0.15, -0.1) is 11.3 Å². The fourth-order valence-corrected chi connectivity index (χ4v) is 6.48. The molecule has 2 aromatic heterocycles. The van der Waals surface area contributed by atoms with Gasteiger partial charge >= 0.3 is 0 Å². The van der Waals surface area contributed by atoms with Crippen LogP contribution in [0.25, 0.3) is 10.2 Å². The van der Waals surface area contributed by atoms with E-state index in [-0.39, 0.29) is 24.0 Å². The van der Waals surface area contributed by atoms with Crippen molar-refractivity contribution in [2.24, 2.45) is 0 Å². The van der Waals surface area contributed by atoms with Crippen LogP contribution in [0.4, 0.5) is 5.69 Å². The Hall–Kier alpha value is -3.30. The first-order valence-corrected chi connectivity index (χ1v) is 12.9. The number of rotatable bonds is 6. The summed E-state index contributed by atoms with van der Waals surface area (Å²) in [7, 11) is 0. The Morgan fingerprint density at radius 2 is 1.97 bits per heavy atom. The molecule has 9 heteroatoms. The zero-order valence-corrected chi connectivity index (χ0v) is 19.8. The highest BCUT2D eigenvalue weighted by Gasteiger charge is 2.24. The van der Waals surface area contributed by atoms with Gasteiger partial charge in [0.1, 0.15) is 4.83 Å². The Kier molecular flexibility index (Phi) is 5.50. The standard InChI is InChI=1S/C25H21N3O4S2/c29-21(26-16-9-10-18-19(11-16)32-14-31-18)13-33-25-27-23-22(17-7-4-8-20(17)34-23)24(30)28(25)12-15-5-2-1-3-6-15/h1-3,5-6,9-11H,4,7-8,12-14H2,(H,26,29). The van der Waals surface area contributed by atoms with E-state index in [9.17, 15) is 9.59 Å². The van der Waals surface area contributed by atoms with E-state index in [2.05, 4.69) is 5.32 Å². The highest BCUT2D eigenvalue weighted by atomic mass is 32.2. The molecule has 0 spiro atoms. The number of aryl methyl sites for hydroxylation is 2. The van der Waals surface area contributed by atoms with Crippen molar-refractivity contribution >= 4 is 44.9 Å². The first-order chi connectivity index (χ1) is 16.7. The van der Waals surface area contributed by atoms with Crippen molar-refractivity contribution in [3.05, 3.63) is 74.9 Å². The van der Waals surface area contributed by atoms with Crippen LogP contribution in [0.2, 0.25) is 0 Å². The number of carbonyl (C=O) groups excluding carboxylic acids is 1. The molecular weight excluding hydrogens is 470 g/mol. The van der Waals surface area contributed by atoms with E-state index in [1.165, 1.54) is 16.6 Å². The molecule has 172 valence electrons. The highest BCUT2D eigenvalue weighted by molar-refractivity contribution is 7.99. The minimum Gasteiger partial charge on any atom is -0.454 e. The van der Waals surface area contributed by atoms with Crippen molar-refractivity contribution in [2.75, 3.05) is 17.9 Å². The maximum Gasteiger partial charge on any atom is 0.263 e. The number of thiophene rings is 1. The van der Waals surface area contributed by atoms with Gasteiger partial charge in [0.2, 0.25) is 12.7 Å². The van der Waals surface area contributed by atoms with Gasteiger partial charge in [0, 0.05) is 16.6 Å². The molecule has 34 heavy (non-hydrogen) atoms. The summed E-state index contributed by atoms with van der Waals surface area (Å²) in [5.74, 6) is 1.22. The number of ether oxygens (including phenoxy) is 2. The third-order valence-corrected chi connectivity index (χ3v) is 8.12. The van der Waals surface area contributed by atoms with Crippen molar-refractivity contribution in [1.29, 1.82) is 0 Å². The lowest BCUT2D eigenvalue weighted by molar-refractivity contribution is -0.113. The number of hydrogen-bond donors (Lipinski definition) is 1. The average Bonchev–Trinajstić information content (AvgIpc) is 3.56. The van der Waals surface area contributed by atoms with Crippen LogP contribution in [-0.4, -0.2) is 28.0 Å². The zero-order valence-electron chi connectivity index (χ0n) is 18.2. The summed E-state index contributed by atoms with van der Waals surface area (Å²) in [4.78, 5) is 33.2. The molecule has 6 rings (SSSR count). The average molecular weight is 492 g/mol. The van der Waals surface area contributed by atoms with E-state index in [4.69, 9.17) is 14.5 Å². The normalized spacial score (nSPS) is 13.9. The Morgan fingerprint density at radius 3 is 2.85 bits per heavy atom. The molecule has 1 aliphatic carbocycles. The van der Waals surface area contributed by atoms with Crippen LogP contribution >= 0.6 is 23.1 Å². The van der Waals surface area contributed by atoms with Crippen LogP contribution in [-0.2, 0) is 24.2 Å². The zero-order chi connectivity index (χ0) is 23.1. The van der Waals surface area contributed by atoms with Gasteiger partial charge in [-0.3, -0.25) is 14.2 Å². The van der Waals surface area contributed by atoms with Crippen LogP contribution in [0.3, 0.4) is 0 Å². The number of nitrogens with zero attached hydrogens (tertiary/aromatic N) is 2. The Balaban J connectivity index is 1.28. The summed E-state index contributed by atoms with van der Waals surface area (Å²) < 4.78 is 12.4. The number of aromatic nitrogens is 2. The number of benzene rings is 2. The van der Waals surface area contributed by atoms with Crippen LogP contribution in [0.15, 0.2) is 58.5 Å². The quantitative estimate of drug-likeness (QED) is 0.317. The third-order valence-electron chi connectivity index (χ3n) is 5.96. The van der Waals surface area contributed by atoms with Gasteiger partial charge < -0.3 is 14.8 Å². The predicted molar refractivity (Wildman–Crippen MR) is 133 cm³/mol. The lowest BCUT2D eigenvalue weighted by Crippen LogP contribution is -2.25. The first-order valence-electron chi connectivity index (χ1n) is 11.1. The van der Waals surface area contributed by atoms with Crippen molar-refractivity contribution in [3.63, 3.8) is 0 Å². The molecule has 0 radical (unpaired) electrons. The summed E-state index contributed by atoms with van der Waals surface area (Å²) in [6, 6.07) is 15.2. The van der Waals surface area contributed by atoms with Gasteiger partial charge in [0.25, 0.3) is 5.56 Å². The van der Waals surface area contributed by atoms with Crippen LogP contribution in [0.1, 0.15) is 22.4 Å². The largest absolute Gasteiger partial charge is 0.454 e. The third kappa shape index (κ3) is 3.95. The molecule has 1 aliphatic heterocycles. The van der Waals surface area contributed by atoms with E-state index < -0.39 is 0 Å². The number of anilines is 1. The smallest absolute Gasteiger partial charge is 0.263 e. The van der Waals surface area contributed by atoms with Gasteiger partial charge in [-0.25, -0.2) is 4.98 Å². The van der Waals surface area contributed by atoms with Crippen molar-refractivity contribution < 1.29 is 14.3 Å². The molecule has 2 aliphatic rings. The molecule has 7 nitrogen and oxygen atoms in total. The maximum absolute atomic E-state index is 13.6. The molecule has 3 heterocycles. The number of hydrogen-bond acceptors (Lipinski definition) is 7. The van der Waals surface area contributed by atoms with E-state index in [1.54, 1.807) is 34.1 Å². The van der Waals surface area contributed by atoms with Crippen LogP contribution in [0.5, 0.6) is 11.5 Å². The molecule has 0 saturated heterocycles. The second-order valence-corrected chi connectivity index (χ2v) is 10.2. The highest BCUT2D eigenvalue weighted by Crippen LogP contribution is 2.36. The molecule has 1 N–H and O–H groups in total. The van der Waals surface area contributed by atoms with E-state index >= 15 is 0 Å². The van der Waals surface area contributed by atoms with Crippen molar-refractivity contribution in [3.8, 4) is 11.5 Å². The monoisotopic (exact) mass is 491 g/mol. The fraction of sp³-hybridized carbons (Fsp3) is 0.240. The van der Waals surface area contributed by atoms with Crippen molar-refractivity contribution in [2.45, 2.75) is 31.0 Å². The lowest BCUT2D eigenvalue weighted by Gasteiger charge is -2.13. The van der Waals surface area contributed by atoms with Crippen molar-refractivity contribution in [1.82, 2.24) is 9.55 Å². The van der Waals surface area contributed by atoms with Gasteiger partial charge in [-0.05, 0) is 42.5 Å². The summed E-state index contributed by atoms with van der Waals surface area (Å²) in [6.45, 7) is 0.598. The summed E-state index contributed by atoms with van der Waals surface area (Å²) >= 11 is 2.89. The maximum atomic E-state index is 13.6. The topological polar surface area (TPSA) is 82.5 Å². The van der Waals surface area contributed by atoms with E-state index in [0.717, 1.165) is 40.6 Å². The fourth-order valence-electron chi connectivity index (χ4n) is 4.38. The van der Waals surface area contributed by atoms with Crippen LogP contribution < -0.4 is 20.3 Å². The molecular formula is C25H21N3O4S2. The Morgan fingerprint density at radius 1 is 1.12 bits per heavy atom. The van der Waals surface area contributed by atoms with E-state index in [0.29, 0.717) is 28.9 Å².